The van der Waals surface area contributed by atoms with Gasteiger partial charge in [-0.3, -0.25) is 14.4 Å². The number of nitrogens with zero attached hydrogens (tertiary/aromatic N) is 1. The second-order valence-corrected chi connectivity index (χ2v) is 6.93. The van der Waals surface area contributed by atoms with E-state index < -0.39 is 5.92 Å². The molecule has 1 atom stereocenters. The highest BCUT2D eigenvalue weighted by Crippen LogP contribution is 2.32. The summed E-state index contributed by atoms with van der Waals surface area (Å²) in [5.74, 6) is -0.619. The Hall–Kier alpha value is -3.15. The predicted octanol–water partition coefficient (Wildman–Crippen LogP) is 2.56. The average Bonchev–Trinajstić information content (AvgIpc) is 3.11. The van der Waals surface area contributed by atoms with Gasteiger partial charge in [0.05, 0.1) is 5.92 Å². The molecule has 2 aliphatic rings. The van der Waals surface area contributed by atoms with Crippen LogP contribution < -0.4 is 15.5 Å². The highest BCUT2D eigenvalue weighted by molar-refractivity contribution is 6.01. The summed E-state index contributed by atoms with van der Waals surface area (Å²) in [6.45, 7) is 1.14. The molecular formula is C21H21N3O3. The first kappa shape index (κ1) is 17.3. The van der Waals surface area contributed by atoms with E-state index in [2.05, 4.69) is 10.6 Å². The van der Waals surface area contributed by atoms with Gasteiger partial charge < -0.3 is 15.5 Å². The van der Waals surface area contributed by atoms with Crippen LogP contribution in [0.25, 0.3) is 0 Å². The number of amides is 3. The van der Waals surface area contributed by atoms with Gasteiger partial charge in [0, 0.05) is 37.3 Å². The molecule has 27 heavy (non-hydrogen) atoms. The predicted molar refractivity (Wildman–Crippen MR) is 102 cm³/mol. The normalized spacial score (nSPS) is 18.8. The lowest BCUT2D eigenvalue weighted by Gasteiger charge is -2.24. The van der Waals surface area contributed by atoms with E-state index in [1.807, 2.05) is 48.5 Å². The zero-order chi connectivity index (χ0) is 18.8. The van der Waals surface area contributed by atoms with Crippen molar-refractivity contribution >= 4 is 29.1 Å². The summed E-state index contributed by atoms with van der Waals surface area (Å²) in [7, 11) is 0. The van der Waals surface area contributed by atoms with Crippen molar-refractivity contribution in [3.8, 4) is 0 Å². The van der Waals surface area contributed by atoms with E-state index in [1.165, 1.54) is 0 Å². The first-order valence-electron chi connectivity index (χ1n) is 9.17. The van der Waals surface area contributed by atoms with Crippen molar-refractivity contribution in [3.05, 3.63) is 59.7 Å². The van der Waals surface area contributed by atoms with Crippen molar-refractivity contribution in [3.63, 3.8) is 0 Å². The molecule has 2 heterocycles. The van der Waals surface area contributed by atoms with Crippen LogP contribution in [0.1, 0.15) is 36.3 Å². The van der Waals surface area contributed by atoms with Gasteiger partial charge in [-0.1, -0.05) is 30.3 Å². The minimum atomic E-state index is -0.476. The van der Waals surface area contributed by atoms with Gasteiger partial charge in [-0.15, -0.1) is 0 Å². The number of para-hydroxylation sites is 1. The average molecular weight is 363 g/mol. The molecule has 4 rings (SSSR count). The monoisotopic (exact) mass is 363 g/mol. The van der Waals surface area contributed by atoms with Crippen molar-refractivity contribution in [2.45, 2.75) is 31.7 Å². The summed E-state index contributed by atoms with van der Waals surface area (Å²) in [4.78, 5) is 38.1. The highest BCUT2D eigenvalue weighted by Gasteiger charge is 2.30. The lowest BCUT2D eigenvalue weighted by Crippen LogP contribution is -2.34. The van der Waals surface area contributed by atoms with Gasteiger partial charge in [-0.25, -0.2) is 0 Å². The number of nitrogens with one attached hydrogen (secondary N) is 2. The first-order chi connectivity index (χ1) is 13.1. The molecule has 2 N–H and O–H groups in total. The maximum Gasteiger partial charge on any atom is 0.228 e. The topological polar surface area (TPSA) is 78.5 Å². The van der Waals surface area contributed by atoms with Gasteiger partial charge in [0.25, 0.3) is 0 Å². The first-order valence-corrected chi connectivity index (χ1v) is 9.17. The molecule has 0 aliphatic carbocycles. The molecule has 0 spiro atoms. The van der Waals surface area contributed by atoms with Crippen LogP contribution in [0.4, 0.5) is 11.4 Å². The van der Waals surface area contributed by atoms with Crippen molar-refractivity contribution in [2.75, 3.05) is 16.8 Å². The summed E-state index contributed by atoms with van der Waals surface area (Å²) in [6.07, 6.45) is 1.65. The summed E-state index contributed by atoms with van der Waals surface area (Å²) in [5, 5.41) is 5.73. The van der Waals surface area contributed by atoms with E-state index in [1.54, 1.807) is 4.90 Å². The van der Waals surface area contributed by atoms with Crippen LogP contribution in [-0.4, -0.2) is 24.3 Å². The minimum Gasteiger partial charge on any atom is -0.351 e. The molecule has 0 radical (unpaired) electrons. The zero-order valence-electron chi connectivity index (χ0n) is 14.9. The van der Waals surface area contributed by atoms with Crippen LogP contribution in [-0.2, 0) is 20.9 Å². The van der Waals surface area contributed by atoms with E-state index >= 15 is 0 Å². The second kappa shape index (κ2) is 7.23. The molecular weight excluding hydrogens is 342 g/mol. The maximum atomic E-state index is 12.7. The summed E-state index contributed by atoms with van der Waals surface area (Å²) in [6, 6.07) is 15.1. The molecule has 0 bridgehead atoms. The Morgan fingerprint density at radius 2 is 1.89 bits per heavy atom. The maximum absolute atomic E-state index is 12.7. The van der Waals surface area contributed by atoms with Crippen LogP contribution in [0.2, 0.25) is 0 Å². The molecule has 0 aromatic heterocycles. The number of carbonyl (C=O) groups is 3. The van der Waals surface area contributed by atoms with Crippen LogP contribution in [0.3, 0.4) is 0 Å². The van der Waals surface area contributed by atoms with Crippen LogP contribution in [0.5, 0.6) is 0 Å². The standard InChI is InChI=1S/C21H21N3O3/c25-19-12-17(16-4-1-2-5-18(16)23-19)21(27)22-13-14-7-9-15(10-8-14)24-11-3-6-20(24)26/h1-2,4-5,7-10,17H,3,6,11-13H2,(H,22,27)(H,23,25). The lowest BCUT2D eigenvalue weighted by molar-refractivity contribution is -0.126. The van der Waals surface area contributed by atoms with Gasteiger partial charge >= 0.3 is 0 Å². The fourth-order valence-electron chi connectivity index (χ4n) is 3.67. The third-order valence-corrected chi connectivity index (χ3v) is 5.10. The number of carbonyl (C=O) groups excluding carboxylic acids is 3. The zero-order valence-corrected chi connectivity index (χ0v) is 14.9. The van der Waals surface area contributed by atoms with Crippen LogP contribution in [0, 0.1) is 0 Å². The van der Waals surface area contributed by atoms with E-state index in [0.717, 1.165) is 29.8 Å². The largest absolute Gasteiger partial charge is 0.351 e. The SMILES string of the molecule is O=C1CC(C(=O)NCc2ccc(N3CCCC3=O)cc2)c2ccccc2N1. The highest BCUT2D eigenvalue weighted by atomic mass is 16.2. The molecule has 2 aliphatic heterocycles. The fourth-order valence-corrected chi connectivity index (χ4v) is 3.67. The number of rotatable bonds is 4. The molecule has 1 saturated heterocycles. The van der Waals surface area contributed by atoms with Crippen molar-refractivity contribution in [2.24, 2.45) is 0 Å². The summed E-state index contributed by atoms with van der Waals surface area (Å²) in [5.41, 5.74) is 3.39. The third kappa shape index (κ3) is 3.56. The smallest absolute Gasteiger partial charge is 0.228 e. The van der Waals surface area contributed by atoms with Crippen molar-refractivity contribution in [1.29, 1.82) is 0 Å². The van der Waals surface area contributed by atoms with E-state index in [0.29, 0.717) is 18.7 Å². The Balaban J connectivity index is 1.41. The number of hydrogen-bond acceptors (Lipinski definition) is 3. The van der Waals surface area contributed by atoms with Crippen LogP contribution >= 0.6 is 0 Å². The molecule has 6 heteroatoms. The number of anilines is 2. The summed E-state index contributed by atoms with van der Waals surface area (Å²) >= 11 is 0. The third-order valence-electron chi connectivity index (χ3n) is 5.10. The Labute approximate surface area is 157 Å². The Morgan fingerprint density at radius 1 is 1.11 bits per heavy atom. The lowest BCUT2D eigenvalue weighted by atomic mass is 9.90. The number of hydrogen-bond donors (Lipinski definition) is 2. The van der Waals surface area contributed by atoms with Crippen molar-refractivity contribution < 1.29 is 14.4 Å². The fraction of sp³-hybridized carbons (Fsp3) is 0.286. The number of benzene rings is 2. The Morgan fingerprint density at radius 3 is 2.63 bits per heavy atom. The van der Waals surface area contributed by atoms with Crippen molar-refractivity contribution in [1.82, 2.24) is 5.32 Å². The summed E-state index contributed by atoms with van der Waals surface area (Å²) < 4.78 is 0. The van der Waals surface area contributed by atoms with Gasteiger partial charge in [-0.2, -0.15) is 0 Å². The molecule has 1 fully saturated rings. The Bertz CT molecular complexity index is 892. The van der Waals surface area contributed by atoms with Gasteiger partial charge in [0.1, 0.15) is 0 Å². The molecule has 138 valence electrons. The van der Waals surface area contributed by atoms with E-state index in [9.17, 15) is 14.4 Å². The molecule has 3 amide bonds. The molecule has 2 aromatic rings. The molecule has 6 nitrogen and oxygen atoms in total. The van der Waals surface area contributed by atoms with E-state index in [4.69, 9.17) is 0 Å². The second-order valence-electron chi connectivity index (χ2n) is 6.93. The molecule has 0 saturated carbocycles. The quantitative estimate of drug-likeness (QED) is 0.876. The van der Waals surface area contributed by atoms with Gasteiger partial charge in [-0.05, 0) is 35.7 Å². The Kier molecular flexibility index (Phi) is 4.62. The molecule has 2 aromatic carbocycles. The van der Waals surface area contributed by atoms with E-state index in [-0.39, 0.29) is 24.1 Å². The van der Waals surface area contributed by atoms with Crippen LogP contribution in [0.15, 0.2) is 48.5 Å². The molecule has 1 unspecified atom stereocenters. The van der Waals surface area contributed by atoms with Gasteiger partial charge in [0.15, 0.2) is 0 Å². The number of fused-ring (bicyclic) bond motifs is 1. The minimum absolute atomic E-state index is 0.145. The van der Waals surface area contributed by atoms with Gasteiger partial charge in [0.2, 0.25) is 17.7 Å².